The molecule has 2 N–H and O–H groups in total. The van der Waals surface area contributed by atoms with E-state index in [-0.39, 0.29) is 11.9 Å². The molecule has 0 aliphatic carbocycles. The zero-order valence-corrected chi connectivity index (χ0v) is 12.3. The molecular weight excluding hydrogens is 383 g/mol. The van der Waals surface area contributed by atoms with Crippen LogP contribution in [0, 0.1) is 3.57 Å². The SMILES string of the molecule is O=C(N[C@H]1CCNC1)c1cc(Br)ccc1I. The standard InChI is InChI=1S/C11H12BrIN2O/c12-7-1-2-10(13)9(5-7)11(16)15-8-3-4-14-6-8/h1-2,5,8,14H,3-4,6H2,(H,15,16)/t8-/m0/s1. The second-order valence-electron chi connectivity index (χ2n) is 3.79. The van der Waals surface area contributed by atoms with Crippen LogP contribution in [0.3, 0.4) is 0 Å². The number of benzene rings is 1. The first kappa shape index (κ1) is 12.3. The van der Waals surface area contributed by atoms with Gasteiger partial charge in [-0.3, -0.25) is 4.79 Å². The lowest BCUT2D eigenvalue weighted by Crippen LogP contribution is -2.36. The second-order valence-corrected chi connectivity index (χ2v) is 5.87. The first-order valence-corrected chi connectivity index (χ1v) is 7.00. The summed E-state index contributed by atoms with van der Waals surface area (Å²) in [6.07, 6.45) is 1.01. The maximum absolute atomic E-state index is 12.0. The molecule has 0 saturated carbocycles. The van der Waals surface area contributed by atoms with Crippen molar-refractivity contribution in [2.24, 2.45) is 0 Å². The van der Waals surface area contributed by atoms with Crippen LogP contribution in [0.2, 0.25) is 0 Å². The predicted molar refractivity (Wildman–Crippen MR) is 75.6 cm³/mol. The highest BCUT2D eigenvalue weighted by Gasteiger charge is 2.18. The molecule has 1 saturated heterocycles. The summed E-state index contributed by atoms with van der Waals surface area (Å²) in [5.41, 5.74) is 0.738. The van der Waals surface area contributed by atoms with Gasteiger partial charge in [0.15, 0.2) is 0 Å². The van der Waals surface area contributed by atoms with Gasteiger partial charge in [0.2, 0.25) is 0 Å². The third-order valence-corrected chi connectivity index (χ3v) is 4.00. The fourth-order valence-electron chi connectivity index (χ4n) is 1.71. The van der Waals surface area contributed by atoms with Crippen LogP contribution in [0.5, 0.6) is 0 Å². The Morgan fingerprint density at radius 3 is 3.06 bits per heavy atom. The summed E-state index contributed by atoms with van der Waals surface area (Å²) < 4.78 is 1.91. The first-order valence-electron chi connectivity index (χ1n) is 5.13. The van der Waals surface area contributed by atoms with E-state index in [4.69, 9.17) is 0 Å². The minimum atomic E-state index is 0.0133. The lowest BCUT2D eigenvalue weighted by atomic mass is 10.2. The van der Waals surface area contributed by atoms with Crippen molar-refractivity contribution >= 4 is 44.4 Å². The zero-order chi connectivity index (χ0) is 11.5. The number of nitrogens with one attached hydrogen (secondary N) is 2. The van der Waals surface area contributed by atoms with Gasteiger partial charge in [0.25, 0.3) is 5.91 Å². The molecular formula is C11H12BrIN2O. The van der Waals surface area contributed by atoms with Gasteiger partial charge in [-0.2, -0.15) is 0 Å². The van der Waals surface area contributed by atoms with E-state index in [2.05, 4.69) is 49.2 Å². The smallest absolute Gasteiger partial charge is 0.252 e. The predicted octanol–water partition coefficient (Wildman–Crippen LogP) is 2.15. The normalized spacial score (nSPS) is 19.8. The molecule has 86 valence electrons. The average Bonchev–Trinajstić information content (AvgIpc) is 2.74. The molecule has 1 aliphatic rings. The third kappa shape index (κ3) is 2.95. The van der Waals surface area contributed by atoms with E-state index in [0.717, 1.165) is 33.1 Å². The lowest BCUT2D eigenvalue weighted by molar-refractivity contribution is 0.0939. The van der Waals surface area contributed by atoms with Gasteiger partial charge in [-0.1, -0.05) is 15.9 Å². The summed E-state index contributed by atoms with van der Waals surface area (Å²) in [5, 5.41) is 6.27. The number of amides is 1. The molecule has 1 amide bonds. The minimum Gasteiger partial charge on any atom is -0.348 e. The van der Waals surface area contributed by atoms with Crippen molar-refractivity contribution in [3.05, 3.63) is 31.8 Å². The van der Waals surface area contributed by atoms with E-state index in [0.29, 0.717) is 0 Å². The van der Waals surface area contributed by atoms with Crippen molar-refractivity contribution in [2.75, 3.05) is 13.1 Å². The van der Waals surface area contributed by atoms with E-state index >= 15 is 0 Å². The molecule has 1 aromatic carbocycles. The monoisotopic (exact) mass is 394 g/mol. The molecule has 16 heavy (non-hydrogen) atoms. The number of carbonyl (C=O) groups excluding carboxylic acids is 1. The molecule has 1 atom stereocenters. The van der Waals surface area contributed by atoms with Crippen molar-refractivity contribution in [2.45, 2.75) is 12.5 Å². The summed E-state index contributed by atoms with van der Waals surface area (Å²) in [5.74, 6) is 0.0133. The van der Waals surface area contributed by atoms with Crippen LogP contribution in [-0.2, 0) is 0 Å². The van der Waals surface area contributed by atoms with Gasteiger partial charge >= 0.3 is 0 Å². The Hall–Kier alpha value is -0.140. The van der Waals surface area contributed by atoms with Crippen LogP contribution in [0.25, 0.3) is 0 Å². The molecule has 1 heterocycles. The van der Waals surface area contributed by atoms with Gasteiger partial charge in [0, 0.05) is 20.6 Å². The van der Waals surface area contributed by atoms with Crippen LogP contribution in [0.4, 0.5) is 0 Å². The van der Waals surface area contributed by atoms with Gasteiger partial charge in [0.05, 0.1) is 5.56 Å². The van der Waals surface area contributed by atoms with Gasteiger partial charge in [-0.05, 0) is 53.8 Å². The molecule has 0 aromatic heterocycles. The van der Waals surface area contributed by atoms with Crippen LogP contribution in [0.15, 0.2) is 22.7 Å². The van der Waals surface area contributed by atoms with Crippen LogP contribution in [-0.4, -0.2) is 25.0 Å². The quantitative estimate of drug-likeness (QED) is 0.754. The van der Waals surface area contributed by atoms with Crippen LogP contribution >= 0.6 is 38.5 Å². The highest BCUT2D eigenvalue weighted by molar-refractivity contribution is 14.1. The average molecular weight is 395 g/mol. The maximum atomic E-state index is 12.0. The van der Waals surface area contributed by atoms with Gasteiger partial charge in [-0.25, -0.2) is 0 Å². The molecule has 5 heteroatoms. The molecule has 1 fully saturated rings. The number of halogens is 2. The van der Waals surface area contributed by atoms with Gasteiger partial charge in [-0.15, -0.1) is 0 Å². The molecule has 3 nitrogen and oxygen atoms in total. The fraction of sp³-hybridized carbons (Fsp3) is 0.364. The van der Waals surface area contributed by atoms with Crippen LogP contribution in [0.1, 0.15) is 16.8 Å². The first-order chi connectivity index (χ1) is 7.66. The highest BCUT2D eigenvalue weighted by Crippen LogP contribution is 2.18. The molecule has 1 aliphatic heterocycles. The second kappa shape index (κ2) is 5.46. The summed E-state index contributed by atoms with van der Waals surface area (Å²) in [4.78, 5) is 12.0. The highest BCUT2D eigenvalue weighted by atomic mass is 127. The number of carbonyl (C=O) groups is 1. The Morgan fingerprint density at radius 2 is 2.38 bits per heavy atom. The van der Waals surface area contributed by atoms with Crippen LogP contribution < -0.4 is 10.6 Å². The summed E-state index contributed by atoms with van der Waals surface area (Å²) >= 11 is 5.56. The van der Waals surface area contributed by atoms with Crippen molar-refractivity contribution < 1.29 is 4.79 Å². The van der Waals surface area contributed by atoms with Crippen molar-refractivity contribution in [3.63, 3.8) is 0 Å². The van der Waals surface area contributed by atoms with Crippen molar-refractivity contribution in [1.82, 2.24) is 10.6 Å². The largest absolute Gasteiger partial charge is 0.348 e. The minimum absolute atomic E-state index is 0.0133. The van der Waals surface area contributed by atoms with Crippen molar-refractivity contribution in [1.29, 1.82) is 0 Å². The Morgan fingerprint density at radius 1 is 1.56 bits per heavy atom. The van der Waals surface area contributed by atoms with E-state index in [1.54, 1.807) is 0 Å². The lowest BCUT2D eigenvalue weighted by Gasteiger charge is -2.12. The van der Waals surface area contributed by atoms with E-state index in [9.17, 15) is 4.79 Å². The van der Waals surface area contributed by atoms with Gasteiger partial charge < -0.3 is 10.6 Å². The third-order valence-electron chi connectivity index (χ3n) is 2.57. The molecule has 0 spiro atoms. The van der Waals surface area contributed by atoms with Crippen molar-refractivity contribution in [3.8, 4) is 0 Å². The van der Waals surface area contributed by atoms with Gasteiger partial charge in [0.1, 0.15) is 0 Å². The molecule has 2 rings (SSSR count). The number of rotatable bonds is 2. The Kier molecular flexibility index (Phi) is 4.21. The molecule has 0 radical (unpaired) electrons. The fourth-order valence-corrected chi connectivity index (χ4v) is 2.65. The Labute approximate surface area is 117 Å². The summed E-state index contributed by atoms with van der Waals surface area (Å²) in [6.45, 7) is 1.86. The topological polar surface area (TPSA) is 41.1 Å². The van der Waals surface area contributed by atoms with E-state index in [1.807, 2.05) is 18.2 Å². The zero-order valence-electron chi connectivity index (χ0n) is 8.59. The Balaban J connectivity index is 2.10. The van der Waals surface area contributed by atoms with E-state index in [1.165, 1.54) is 0 Å². The number of hydrogen-bond donors (Lipinski definition) is 2. The van der Waals surface area contributed by atoms with E-state index < -0.39 is 0 Å². The summed E-state index contributed by atoms with van der Waals surface area (Å²) in [6, 6.07) is 6.00. The maximum Gasteiger partial charge on any atom is 0.252 e. The molecule has 1 aromatic rings. The number of hydrogen-bond acceptors (Lipinski definition) is 2. The Bertz CT molecular complexity index is 405. The molecule has 0 bridgehead atoms. The molecule has 0 unspecified atom stereocenters. The summed E-state index contributed by atoms with van der Waals surface area (Å²) in [7, 11) is 0.